The molecule has 0 aliphatic carbocycles. The van der Waals surface area contributed by atoms with Gasteiger partial charge >= 0.3 is 5.63 Å². The highest BCUT2D eigenvalue weighted by molar-refractivity contribution is 5.93. The van der Waals surface area contributed by atoms with Gasteiger partial charge in [0, 0.05) is 17.5 Å². The quantitative estimate of drug-likeness (QED) is 0.649. The predicted octanol–water partition coefficient (Wildman–Crippen LogP) is 1.48. The third-order valence-electron chi connectivity index (χ3n) is 4.20. The van der Waals surface area contributed by atoms with E-state index in [1.165, 1.54) is 26.0 Å². The van der Waals surface area contributed by atoms with Crippen LogP contribution in [0.4, 0.5) is 0 Å². The van der Waals surface area contributed by atoms with Gasteiger partial charge in [-0.1, -0.05) is 30.3 Å². The fourth-order valence-corrected chi connectivity index (χ4v) is 2.72. The Kier molecular flexibility index (Phi) is 5.44. The van der Waals surface area contributed by atoms with Crippen LogP contribution in [0.15, 0.2) is 63.8 Å². The van der Waals surface area contributed by atoms with Gasteiger partial charge in [0.1, 0.15) is 11.3 Å². The molecule has 0 radical (unpaired) electrons. The van der Waals surface area contributed by atoms with Crippen molar-refractivity contribution in [2.24, 2.45) is 0 Å². The molecule has 2 aromatic carbocycles. The summed E-state index contributed by atoms with van der Waals surface area (Å²) < 4.78 is 10.8. The van der Waals surface area contributed by atoms with Gasteiger partial charge in [-0.2, -0.15) is 0 Å². The van der Waals surface area contributed by atoms with Crippen LogP contribution in [0.5, 0.6) is 5.75 Å². The first-order valence-corrected chi connectivity index (χ1v) is 8.66. The second kappa shape index (κ2) is 7.96. The Labute approximate surface area is 160 Å². The molecule has 0 spiro atoms. The Hall–Kier alpha value is -3.61. The molecular weight excluding hydrogens is 362 g/mol. The molecule has 3 rings (SSSR count). The number of carboxylic acids is 1. The van der Waals surface area contributed by atoms with E-state index in [-0.39, 0.29) is 0 Å². The number of carbonyl (C=O) groups is 2. The van der Waals surface area contributed by atoms with E-state index in [0.717, 1.165) is 16.5 Å². The maximum atomic E-state index is 12.0. The summed E-state index contributed by atoms with van der Waals surface area (Å²) in [5.74, 6) is -1.68. The summed E-state index contributed by atoms with van der Waals surface area (Å²) in [4.78, 5) is 34.7. The molecular formula is C21H18NO6-. The molecule has 0 saturated carbocycles. The first kappa shape index (κ1) is 19.2. The van der Waals surface area contributed by atoms with Crippen molar-refractivity contribution in [2.45, 2.75) is 26.0 Å². The van der Waals surface area contributed by atoms with Gasteiger partial charge < -0.3 is 24.4 Å². The summed E-state index contributed by atoms with van der Waals surface area (Å²) in [6.45, 7) is 2.79. The summed E-state index contributed by atoms with van der Waals surface area (Å²) in [5, 5.41) is 13.7. The molecule has 28 heavy (non-hydrogen) atoms. The number of carbonyl (C=O) groups excluding carboxylic acids is 2. The molecule has 0 bridgehead atoms. The number of rotatable bonds is 6. The van der Waals surface area contributed by atoms with E-state index in [4.69, 9.17) is 9.15 Å². The van der Waals surface area contributed by atoms with Crippen molar-refractivity contribution in [3.05, 3.63) is 65.0 Å². The van der Waals surface area contributed by atoms with Crippen molar-refractivity contribution in [3.63, 3.8) is 0 Å². The lowest BCUT2D eigenvalue weighted by Gasteiger charge is -2.19. The van der Waals surface area contributed by atoms with Crippen molar-refractivity contribution in [3.8, 4) is 16.9 Å². The number of ether oxygens (including phenoxy) is 1. The Bertz CT molecular complexity index is 1070. The van der Waals surface area contributed by atoms with Gasteiger partial charge in [-0.15, -0.1) is 0 Å². The van der Waals surface area contributed by atoms with Gasteiger partial charge in [-0.25, -0.2) is 4.79 Å². The van der Waals surface area contributed by atoms with Crippen molar-refractivity contribution < 1.29 is 23.8 Å². The summed E-state index contributed by atoms with van der Waals surface area (Å²) in [6, 6.07) is 14.6. The number of fused-ring (bicyclic) bond motifs is 1. The number of nitrogens with one attached hydrogen (secondary N) is 1. The van der Waals surface area contributed by atoms with Gasteiger partial charge in [-0.05, 0) is 37.1 Å². The molecule has 0 aliphatic rings. The minimum atomic E-state index is -1.39. The monoisotopic (exact) mass is 380 g/mol. The lowest BCUT2D eigenvalue weighted by Crippen LogP contribution is -2.49. The zero-order valence-electron chi connectivity index (χ0n) is 15.3. The van der Waals surface area contributed by atoms with Gasteiger partial charge in [0.05, 0.1) is 12.0 Å². The Balaban J connectivity index is 1.88. The van der Waals surface area contributed by atoms with Gasteiger partial charge in [0.25, 0.3) is 5.91 Å². The maximum Gasteiger partial charge on any atom is 0.336 e. The van der Waals surface area contributed by atoms with Crippen LogP contribution in [0, 0.1) is 0 Å². The maximum absolute atomic E-state index is 12.0. The van der Waals surface area contributed by atoms with Crippen LogP contribution in [0.1, 0.15) is 13.8 Å². The number of amides is 1. The molecule has 7 nitrogen and oxygen atoms in total. The second-order valence-electron chi connectivity index (χ2n) is 6.31. The average molecular weight is 380 g/mol. The smallest absolute Gasteiger partial charge is 0.336 e. The van der Waals surface area contributed by atoms with Crippen LogP contribution >= 0.6 is 0 Å². The molecule has 1 aromatic heterocycles. The van der Waals surface area contributed by atoms with Crippen LogP contribution in [0.25, 0.3) is 22.1 Å². The summed E-state index contributed by atoms with van der Waals surface area (Å²) in [5.41, 5.74) is 1.42. The Morgan fingerprint density at radius 2 is 1.79 bits per heavy atom. The lowest BCUT2D eigenvalue weighted by molar-refractivity contribution is -0.307. The van der Waals surface area contributed by atoms with Crippen LogP contribution < -0.4 is 20.8 Å². The average Bonchev–Trinajstić information content (AvgIpc) is 2.67. The van der Waals surface area contributed by atoms with Crippen molar-refractivity contribution in [2.75, 3.05) is 0 Å². The van der Waals surface area contributed by atoms with Crippen LogP contribution in [-0.4, -0.2) is 24.0 Å². The lowest BCUT2D eigenvalue weighted by atomic mass is 10.0. The Morgan fingerprint density at radius 1 is 1.07 bits per heavy atom. The van der Waals surface area contributed by atoms with Gasteiger partial charge in [0.2, 0.25) is 0 Å². The molecule has 0 saturated heterocycles. The van der Waals surface area contributed by atoms with Gasteiger partial charge in [0.15, 0.2) is 6.10 Å². The van der Waals surface area contributed by atoms with E-state index in [1.54, 1.807) is 12.1 Å². The number of benzene rings is 2. The minimum Gasteiger partial charge on any atom is -0.548 e. The highest BCUT2D eigenvalue weighted by Crippen LogP contribution is 2.29. The number of hydrogen-bond acceptors (Lipinski definition) is 6. The van der Waals surface area contributed by atoms with E-state index in [9.17, 15) is 19.5 Å². The van der Waals surface area contributed by atoms with Crippen LogP contribution in [0.3, 0.4) is 0 Å². The molecule has 1 amide bonds. The van der Waals surface area contributed by atoms with E-state index < -0.39 is 29.6 Å². The molecule has 0 fully saturated rings. The number of carboxylic acid groups (broad SMARTS) is 1. The highest BCUT2D eigenvalue weighted by atomic mass is 16.5. The largest absolute Gasteiger partial charge is 0.548 e. The Morgan fingerprint density at radius 3 is 2.46 bits per heavy atom. The fraction of sp³-hybridized carbons (Fsp3) is 0.190. The standard InChI is InChI=1S/C21H19NO6/c1-12(21(25)26)22-20(24)13(2)27-15-8-9-16-17(14-6-4-3-5-7-14)11-19(23)28-18(16)10-15/h3-13H,1-2H3,(H,22,24)(H,25,26)/p-1/t12-,13+/m1/s1. The number of aliphatic carboxylic acids is 1. The molecule has 0 unspecified atom stereocenters. The third-order valence-corrected chi connectivity index (χ3v) is 4.20. The molecule has 3 aromatic rings. The molecule has 0 aliphatic heterocycles. The normalized spacial score (nSPS) is 12.9. The van der Waals surface area contributed by atoms with E-state index >= 15 is 0 Å². The zero-order chi connectivity index (χ0) is 20.3. The zero-order valence-corrected chi connectivity index (χ0v) is 15.3. The fourth-order valence-electron chi connectivity index (χ4n) is 2.72. The third kappa shape index (κ3) is 4.20. The first-order chi connectivity index (χ1) is 13.3. The molecule has 144 valence electrons. The molecule has 2 atom stereocenters. The molecule has 1 N–H and O–H groups in total. The van der Waals surface area contributed by atoms with Crippen molar-refractivity contribution >= 4 is 22.8 Å². The van der Waals surface area contributed by atoms with E-state index in [0.29, 0.717) is 11.3 Å². The molecule has 7 heteroatoms. The summed E-state index contributed by atoms with van der Waals surface area (Å²) >= 11 is 0. The summed E-state index contributed by atoms with van der Waals surface area (Å²) in [6.07, 6.45) is -0.955. The SMILES string of the molecule is C[C@H](Oc1ccc2c(-c3ccccc3)cc(=O)oc2c1)C(=O)N[C@H](C)C(=O)[O-]. The highest BCUT2D eigenvalue weighted by Gasteiger charge is 2.18. The summed E-state index contributed by atoms with van der Waals surface area (Å²) in [7, 11) is 0. The molecule has 1 heterocycles. The van der Waals surface area contributed by atoms with Crippen LogP contribution in [0.2, 0.25) is 0 Å². The van der Waals surface area contributed by atoms with Crippen LogP contribution in [-0.2, 0) is 9.59 Å². The van der Waals surface area contributed by atoms with Crippen molar-refractivity contribution in [1.82, 2.24) is 5.32 Å². The van der Waals surface area contributed by atoms with E-state index in [1.807, 2.05) is 30.3 Å². The number of hydrogen-bond donors (Lipinski definition) is 1. The van der Waals surface area contributed by atoms with Crippen molar-refractivity contribution in [1.29, 1.82) is 0 Å². The minimum absolute atomic E-state index is 0.310. The first-order valence-electron chi connectivity index (χ1n) is 8.66. The predicted molar refractivity (Wildman–Crippen MR) is 101 cm³/mol. The van der Waals surface area contributed by atoms with E-state index in [2.05, 4.69) is 5.32 Å². The second-order valence-corrected chi connectivity index (χ2v) is 6.31. The van der Waals surface area contributed by atoms with Gasteiger partial charge in [-0.3, -0.25) is 4.79 Å². The topological polar surface area (TPSA) is 109 Å².